The summed E-state index contributed by atoms with van der Waals surface area (Å²) in [6.07, 6.45) is 4.46. The number of rotatable bonds is 13. The zero-order valence-corrected chi connectivity index (χ0v) is 46.3. The Balaban J connectivity index is 0.751. The van der Waals surface area contributed by atoms with E-state index in [1.165, 1.54) is 4.90 Å². The second-order valence-electron chi connectivity index (χ2n) is 22.7. The number of likely N-dealkylation sites (tertiary alicyclic amines) is 1. The van der Waals surface area contributed by atoms with Crippen molar-refractivity contribution in [2.45, 2.75) is 133 Å². The average Bonchev–Trinajstić information content (AvgIpc) is 3.99. The van der Waals surface area contributed by atoms with Crippen molar-refractivity contribution in [2.24, 2.45) is 0 Å². The number of benzene rings is 4. The van der Waals surface area contributed by atoms with Crippen LogP contribution in [0.15, 0.2) is 78.9 Å². The van der Waals surface area contributed by atoms with E-state index in [1.807, 2.05) is 48.5 Å². The van der Waals surface area contributed by atoms with E-state index in [0.29, 0.717) is 78.3 Å². The number of carbonyl (C=O) groups is 6. The minimum Gasteiger partial charge on any atom is -0.479 e. The molecule has 5 heterocycles. The number of esters is 2. The lowest BCUT2D eigenvalue weighted by molar-refractivity contribution is -0.157. The van der Waals surface area contributed by atoms with Crippen molar-refractivity contribution in [2.75, 3.05) is 41.8 Å². The molecule has 3 N–H and O–H groups in total. The molecule has 5 amide bonds. The summed E-state index contributed by atoms with van der Waals surface area (Å²) < 4.78 is 47.2. The number of nitrogens with one attached hydrogen (secondary N) is 3. The van der Waals surface area contributed by atoms with Crippen molar-refractivity contribution in [3.8, 4) is 16.2 Å². The van der Waals surface area contributed by atoms with Gasteiger partial charge in [-0.25, -0.2) is 22.8 Å². The van der Waals surface area contributed by atoms with Crippen LogP contribution in [0.25, 0.3) is 21.2 Å². The third-order valence-corrected chi connectivity index (χ3v) is 18.3. The van der Waals surface area contributed by atoms with Crippen LogP contribution in [0.5, 0.6) is 5.75 Å². The SMILES string of the molecule is CC(C)(C)OC(=O)COc1c(C(=O)OC(C)(C)C)sc(-c2cccc(N[C@H]3CCN(S(=O)(=O)Cc4cccc(NC(=O)N5CCC(c6ccc7c8c(cccc68)C(=O)N7C6CCC(=O)NC6=O)CC5)c4)C4(CC4)C3)c2)c1Cl. The van der Waals surface area contributed by atoms with E-state index < -0.39 is 57.3 Å². The summed E-state index contributed by atoms with van der Waals surface area (Å²) >= 11 is 8.04. The molecule has 4 aromatic carbocycles. The van der Waals surface area contributed by atoms with Gasteiger partial charge in [0.15, 0.2) is 17.2 Å². The fraction of sp³-hybridized carbons (Fsp3) is 0.439. The van der Waals surface area contributed by atoms with E-state index in [9.17, 15) is 37.2 Å². The van der Waals surface area contributed by atoms with E-state index in [2.05, 4.69) is 16.0 Å². The summed E-state index contributed by atoms with van der Waals surface area (Å²) in [6.45, 7) is 11.4. The first-order valence-corrected chi connectivity index (χ1v) is 28.9. The van der Waals surface area contributed by atoms with Gasteiger partial charge in [0.25, 0.3) is 5.91 Å². The molecular formula is C57H63ClN6O11S2. The molecule has 1 aliphatic carbocycles. The maximum atomic E-state index is 14.3. The highest BCUT2D eigenvalue weighted by Gasteiger charge is 2.55. The number of hydrogen-bond acceptors (Lipinski definition) is 13. The molecule has 17 nitrogen and oxygen atoms in total. The number of halogens is 1. The Morgan fingerprint density at radius 3 is 2.27 bits per heavy atom. The number of urea groups is 1. The lowest BCUT2D eigenvalue weighted by Crippen LogP contribution is -2.53. The standard InChI is InChI=1S/C57H63ClN6O11S2/c1-55(2,3)74-45(66)31-73-48-47(58)49(76-50(48)53(69)75-56(4,5)6)35-11-8-13-37(29-35)59-38-22-27-63(57(30-38)23-24-57)77(71,72)32-33-10-7-12-36(28-33)60-54(70)62-25-20-34(21-26-62)39-16-17-42-46-40(39)14-9-15-41(46)52(68)64(42)43-18-19-44(65)61-51(43)67/h7-17,28-29,34,38,43,59H,18-27,30-32H2,1-6H3,(H,60,70)(H,61,65,67)/t38-,43?/m0/s1. The molecule has 77 heavy (non-hydrogen) atoms. The fourth-order valence-electron chi connectivity index (χ4n) is 11.2. The number of ether oxygens (including phenoxy) is 3. The monoisotopic (exact) mass is 1110 g/mol. The van der Waals surface area contributed by atoms with E-state index in [-0.39, 0.29) is 64.0 Å². The van der Waals surface area contributed by atoms with Crippen molar-refractivity contribution in [3.05, 3.63) is 105 Å². The summed E-state index contributed by atoms with van der Waals surface area (Å²) in [4.78, 5) is 82.1. The Bertz CT molecular complexity index is 3340. The van der Waals surface area contributed by atoms with Crippen LogP contribution in [0.2, 0.25) is 5.02 Å². The largest absolute Gasteiger partial charge is 0.479 e. The van der Waals surface area contributed by atoms with Crippen molar-refractivity contribution >= 4 is 96.5 Å². The Kier molecular flexibility index (Phi) is 14.5. The first kappa shape index (κ1) is 53.8. The molecule has 1 saturated carbocycles. The Morgan fingerprint density at radius 2 is 1.56 bits per heavy atom. The number of amides is 5. The molecule has 5 aliphatic rings. The highest BCUT2D eigenvalue weighted by molar-refractivity contribution is 7.88. The second kappa shape index (κ2) is 20.7. The van der Waals surface area contributed by atoms with Crippen LogP contribution >= 0.6 is 22.9 Å². The molecular weight excluding hydrogens is 1040 g/mol. The molecule has 0 bridgehead atoms. The van der Waals surface area contributed by atoms with Gasteiger partial charge in [-0.1, -0.05) is 54.1 Å². The Hall–Kier alpha value is -6.54. The quantitative estimate of drug-likeness (QED) is 0.0743. The van der Waals surface area contributed by atoms with Crippen molar-refractivity contribution in [1.82, 2.24) is 14.5 Å². The number of sulfonamides is 1. The molecule has 1 aromatic heterocycles. The van der Waals surface area contributed by atoms with Gasteiger partial charge in [-0.3, -0.25) is 24.6 Å². The number of hydrogen-bond donors (Lipinski definition) is 3. The van der Waals surface area contributed by atoms with Crippen LogP contribution in [-0.2, 0) is 39.6 Å². The number of nitrogens with zero attached hydrogens (tertiary/aromatic N) is 3. The van der Waals surface area contributed by atoms with Gasteiger partial charge in [-0.2, -0.15) is 4.31 Å². The summed E-state index contributed by atoms with van der Waals surface area (Å²) in [5.41, 5.74) is 2.80. The minimum atomic E-state index is -3.76. The number of piperidine rings is 3. The van der Waals surface area contributed by atoms with Gasteiger partial charge in [0, 0.05) is 60.0 Å². The first-order chi connectivity index (χ1) is 36.5. The summed E-state index contributed by atoms with van der Waals surface area (Å²) in [7, 11) is -3.76. The van der Waals surface area contributed by atoms with Gasteiger partial charge in [-0.15, -0.1) is 11.3 Å². The van der Waals surface area contributed by atoms with Crippen LogP contribution in [0, 0.1) is 0 Å². The lowest BCUT2D eigenvalue weighted by Gasteiger charge is -2.39. The Morgan fingerprint density at radius 1 is 0.844 bits per heavy atom. The molecule has 4 aliphatic heterocycles. The van der Waals surface area contributed by atoms with Crippen LogP contribution < -0.4 is 25.6 Å². The predicted octanol–water partition coefficient (Wildman–Crippen LogP) is 10.0. The van der Waals surface area contributed by atoms with Crippen LogP contribution in [0.4, 0.5) is 21.9 Å². The first-order valence-electron chi connectivity index (χ1n) is 26.1. The van der Waals surface area contributed by atoms with Gasteiger partial charge in [-0.05, 0) is 151 Å². The zero-order chi connectivity index (χ0) is 54.8. The van der Waals surface area contributed by atoms with Crippen molar-refractivity contribution in [3.63, 3.8) is 0 Å². The molecule has 0 radical (unpaired) electrons. The number of thiophene rings is 1. The normalized spacial score (nSPS) is 19.8. The maximum absolute atomic E-state index is 14.3. The Labute approximate surface area is 457 Å². The van der Waals surface area contributed by atoms with Crippen molar-refractivity contribution < 1.29 is 51.4 Å². The molecule has 1 unspecified atom stereocenters. The molecule has 3 saturated heterocycles. The highest BCUT2D eigenvalue weighted by Crippen LogP contribution is 2.51. The lowest BCUT2D eigenvalue weighted by atomic mass is 9.85. The van der Waals surface area contributed by atoms with Gasteiger partial charge >= 0.3 is 18.0 Å². The molecule has 4 fully saturated rings. The van der Waals surface area contributed by atoms with Gasteiger partial charge in [0.2, 0.25) is 21.8 Å². The van der Waals surface area contributed by atoms with Gasteiger partial charge < -0.3 is 29.7 Å². The molecule has 1 spiro atoms. The minimum absolute atomic E-state index is 0.0294. The van der Waals surface area contributed by atoms with E-state index in [4.69, 9.17) is 25.8 Å². The molecule has 10 rings (SSSR count). The summed E-state index contributed by atoms with van der Waals surface area (Å²) in [5, 5.41) is 10.9. The smallest absolute Gasteiger partial charge is 0.352 e. The third-order valence-electron chi connectivity index (χ3n) is 14.7. The van der Waals surface area contributed by atoms with E-state index in [0.717, 1.165) is 46.2 Å². The predicted molar refractivity (Wildman–Crippen MR) is 295 cm³/mol. The highest BCUT2D eigenvalue weighted by atomic mass is 35.5. The van der Waals surface area contributed by atoms with E-state index >= 15 is 0 Å². The molecule has 406 valence electrons. The third kappa shape index (κ3) is 11.4. The molecule has 5 aromatic rings. The number of carbonyl (C=O) groups excluding carboxylic acids is 6. The molecule has 20 heteroatoms. The van der Waals surface area contributed by atoms with Crippen LogP contribution in [-0.4, -0.2) is 108 Å². The maximum Gasteiger partial charge on any atom is 0.352 e. The topological polar surface area (TPSA) is 210 Å². The summed E-state index contributed by atoms with van der Waals surface area (Å²) in [6, 6.07) is 23.1. The second-order valence-corrected chi connectivity index (χ2v) is 26.0. The van der Waals surface area contributed by atoms with Crippen LogP contribution in [0.3, 0.4) is 0 Å². The average molecular weight is 1110 g/mol. The van der Waals surface area contributed by atoms with E-state index in [1.54, 1.807) is 81.1 Å². The fourth-order valence-corrected chi connectivity index (χ4v) is 14.7. The zero-order valence-electron chi connectivity index (χ0n) is 44.0. The number of imide groups is 1. The summed E-state index contributed by atoms with van der Waals surface area (Å²) in [5.74, 6) is -2.38. The van der Waals surface area contributed by atoms with Crippen LogP contribution in [0.1, 0.15) is 130 Å². The van der Waals surface area contributed by atoms with Gasteiger partial charge in [0.1, 0.15) is 22.3 Å². The van der Waals surface area contributed by atoms with Gasteiger partial charge in [0.05, 0.1) is 16.3 Å². The van der Waals surface area contributed by atoms with Crippen molar-refractivity contribution in [1.29, 1.82) is 0 Å². The molecule has 2 atom stereocenters. The number of anilines is 3.